The fraction of sp³-hybridized carbons (Fsp3) is 0.467. The largest absolute Gasteiger partial charge is 0.508 e. The summed E-state index contributed by atoms with van der Waals surface area (Å²) < 4.78 is 0. The SMILES string of the molecule is C#CCN(CC)C1CCc2ccc(O)cc2C1. The smallest absolute Gasteiger partial charge is 0.115 e. The number of phenolic OH excluding ortho intramolecular Hbond substituents is 1. The van der Waals surface area contributed by atoms with Crippen LogP contribution in [0.4, 0.5) is 0 Å². The van der Waals surface area contributed by atoms with Crippen molar-refractivity contribution < 1.29 is 5.11 Å². The van der Waals surface area contributed by atoms with E-state index in [9.17, 15) is 5.11 Å². The van der Waals surface area contributed by atoms with E-state index < -0.39 is 0 Å². The highest BCUT2D eigenvalue weighted by Crippen LogP contribution is 2.27. The molecule has 0 amide bonds. The maximum Gasteiger partial charge on any atom is 0.115 e. The number of rotatable bonds is 3. The van der Waals surface area contributed by atoms with Gasteiger partial charge in [0.1, 0.15) is 5.75 Å². The Bertz CT molecular complexity index is 433. The van der Waals surface area contributed by atoms with Gasteiger partial charge in [-0.1, -0.05) is 18.9 Å². The maximum atomic E-state index is 9.53. The monoisotopic (exact) mass is 229 g/mol. The van der Waals surface area contributed by atoms with Crippen molar-refractivity contribution in [1.82, 2.24) is 4.90 Å². The average molecular weight is 229 g/mol. The third kappa shape index (κ3) is 2.62. The van der Waals surface area contributed by atoms with Crippen LogP contribution in [-0.4, -0.2) is 29.1 Å². The molecule has 0 radical (unpaired) electrons. The zero-order chi connectivity index (χ0) is 12.3. The summed E-state index contributed by atoms with van der Waals surface area (Å²) in [5.41, 5.74) is 2.65. The van der Waals surface area contributed by atoms with Gasteiger partial charge in [-0.2, -0.15) is 0 Å². The van der Waals surface area contributed by atoms with Crippen LogP contribution in [0.5, 0.6) is 5.75 Å². The lowest BCUT2D eigenvalue weighted by Gasteiger charge is -2.33. The summed E-state index contributed by atoms with van der Waals surface area (Å²) in [5, 5.41) is 9.53. The summed E-state index contributed by atoms with van der Waals surface area (Å²) >= 11 is 0. The summed E-state index contributed by atoms with van der Waals surface area (Å²) in [6.07, 6.45) is 8.64. The van der Waals surface area contributed by atoms with Gasteiger partial charge in [0.15, 0.2) is 0 Å². The van der Waals surface area contributed by atoms with Gasteiger partial charge in [0.2, 0.25) is 0 Å². The molecule has 17 heavy (non-hydrogen) atoms. The van der Waals surface area contributed by atoms with Crippen LogP contribution in [0.3, 0.4) is 0 Å². The molecule has 1 unspecified atom stereocenters. The molecule has 0 aromatic heterocycles. The minimum atomic E-state index is 0.365. The molecule has 0 fully saturated rings. The number of hydrogen-bond donors (Lipinski definition) is 1. The van der Waals surface area contributed by atoms with E-state index >= 15 is 0 Å². The van der Waals surface area contributed by atoms with Crippen LogP contribution < -0.4 is 0 Å². The van der Waals surface area contributed by atoms with Crippen molar-refractivity contribution in [2.24, 2.45) is 0 Å². The Balaban J connectivity index is 2.14. The Morgan fingerprint density at radius 1 is 1.47 bits per heavy atom. The van der Waals surface area contributed by atoms with Crippen molar-refractivity contribution in [2.45, 2.75) is 32.2 Å². The van der Waals surface area contributed by atoms with Gasteiger partial charge in [-0.05, 0) is 49.1 Å². The molecule has 1 N–H and O–H groups in total. The molecule has 1 aromatic carbocycles. The average Bonchev–Trinajstić information content (AvgIpc) is 2.35. The first-order valence-corrected chi connectivity index (χ1v) is 6.23. The molecule has 2 nitrogen and oxygen atoms in total. The fourth-order valence-electron chi connectivity index (χ4n) is 2.65. The zero-order valence-corrected chi connectivity index (χ0v) is 10.3. The Morgan fingerprint density at radius 3 is 3.00 bits per heavy atom. The van der Waals surface area contributed by atoms with Crippen molar-refractivity contribution >= 4 is 0 Å². The predicted molar refractivity (Wildman–Crippen MR) is 70.0 cm³/mol. The number of fused-ring (bicyclic) bond motifs is 1. The van der Waals surface area contributed by atoms with Gasteiger partial charge in [0.05, 0.1) is 6.54 Å². The van der Waals surface area contributed by atoms with Gasteiger partial charge in [-0.3, -0.25) is 4.90 Å². The Kier molecular flexibility index (Phi) is 3.71. The number of likely N-dealkylation sites (N-methyl/N-ethyl adjacent to an activating group) is 1. The van der Waals surface area contributed by atoms with Gasteiger partial charge < -0.3 is 5.11 Å². The van der Waals surface area contributed by atoms with Crippen LogP contribution in [0.1, 0.15) is 24.5 Å². The van der Waals surface area contributed by atoms with Crippen LogP contribution in [0.2, 0.25) is 0 Å². The number of aromatic hydroxyl groups is 1. The molecule has 0 saturated carbocycles. The van der Waals surface area contributed by atoms with Crippen LogP contribution in [-0.2, 0) is 12.8 Å². The number of benzene rings is 1. The second-order valence-electron chi connectivity index (χ2n) is 4.62. The van der Waals surface area contributed by atoms with E-state index in [-0.39, 0.29) is 0 Å². The minimum absolute atomic E-state index is 0.365. The van der Waals surface area contributed by atoms with Crippen molar-refractivity contribution in [2.75, 3.05) is 13.1 Å². The van der Waals surface area contributed by atoms with E-state index in [2.05, 4.69) is 17.7 Å². The van der Waals surface area contributed by atoms with Crippen LogP contribution in [0, 0.1) is 12.3 Å². The third-order valence-electron chi connectivity index (χ3n) is 3.61. The van der Waals surface area contributed by atoms with Crippen molar-refractivity contribution in [3.63, 3.8) is 0 Å². The number of terminal acetylenes is 1. The van der Waals surface area contributed by atoms with E-state index in [0.29, 0.717) is 11.8 Å². The second-order valence-corrected chi connectivity index (χ2v) is 4.62. The van der Waals surface area contributed by atoms with E-state index in [1.54, 1.807) is 6.07 Å². The normalized spacial score (nSPS) is 18.8. The molecule has 1 aliphatic rings. The molecule has 2 heteroatoms. The summed E-state index contributed by atoms with van der Waals surface area (Å²) in [4.78, 5) is 2.34. The molecule has 0 saturated heterocycles. The molecule has 1 aliphatic carbocycles. The van der Waals surface area contributed by atoms with Gasteiger partial charge in [-0.25, -0.2) is 0 Å². The van der Waals surface area contributed by atoms with E-state index in [0.717, 1.165) is 32.4 Å². The molecule has 2 rings (SSSR count). The molecular weight excluding hydrogens is 210 g/mol. The first kappa shape index (κ1) is 12.0. The molecule has 1 atom stereocenters. The highest BCUT2D eigenvalue weighted by molar-refractivity contribution is 5.37. The third-order valence-corrected chi connectivity index (χ3v) is 3.61. The molecular formula is C15H19NO. The van der Waals surface area contributed by atoms with Gasteiger partial charge >= 0.3 is 0 Å². The number of hydrogen-bond acceptors (Lipinski definition) is 2. The van der Waals surface area contributed by atoms with Gasteiger partial charge in [0, 0.05) is 6.04 Å². The first-order valence-electron chi connectivity index (χ1n) is 6.23. The number of nitrogens with zero attached hydrogens (tertiary/aromatic N) is 1. The Hall–Kier alpha value is -1.46. The number of phenols is 1. The summed E-state index contributed by atoms with van der Waals surface area (Å²) in [7, 11) is 0. The lowest BCUT2D eigenvalue weighted by atomic mass is 9.87. The predicted octanol–water partition coefficient (Wildman–Crippen LogP) is 2.20. The summed E-state index contributed by atoms with van der Waals surface area (Å²) in [5.74, 6) is 3.09. The van der Waals surface area contributed by atoms with Crippen LogP contribution >= 0.6 is 0 Å². The van der Waals surface area contributed by atoms with E-state index in [4.69, 9.17) is 6.42 Å². The lowest BCUT2D eigenvalue weighted by Crippen LogP contribution is -2.39. The molecule has 1 aromatic rings. The number of aryl methyl sites for hydroxylation is 1. The first-order chi connectivity index (χ1) is 8.24. The summed E-state index contributed by atoms with van der Waals surface area (Å²) in [6.45, 7) is 3.85. The fourth-order valence-corrected chi connectivity index (χ4v) is 2.65. The van der Waals surface area contributed by atoms with E-state index in [1.807, 2.05) is 12.1 Å². The molecule has 0 heterocycles. The second kappa shape index (κ2) is 5.25. The van der Waals surface area contributed by atoms with Gasteiger partial charge in [0.25, 0.3) is 0 Å². The summed E-state index contributed by atoms with van der Waals surface area (Å²) in [6, 6.07) is 6.23. The molecule has 0 aliphatic heterocycles. The van der Waals surface area contributed by atoms with Crippen LogP contribution in [0.15, 0.2) is 18.2 Å². The minimum Gasteiger partial charge on any atom is -0.508 e. The topological polar surface area (TPSA) is 23.5 Å². The van der Waals surface area contributed by atoms with Gasteiger partial charge in [-0.15, -0.1) is 6.42 Å². The highest BCUT2D eigenvalue weighted by atomic mass is 16.3. The Labute approximate surface area is 103 Å². The van der Waals surface area contributed by atoms with E-state index in [1.165, 1.54) is 11.1 Å². The lowest BCUT2D eigenvalue weighted by molar-refractivity contribution is 0.212. The molecule has 0 bridgehead atoms. The zero-order valence-electron chi connectivity index (χ0n) is 10.3. The standard InChI is InChI=1S/C15H19NO/c1-3-9-16(4-2)14-7-5-12-6-8-15(17)11-13(12)10-14/h1,6,8,11,14,17H,4-5,7,9-10H2,2H3. The Morgan fingerprint density at radius 2 is 2.29 bits per heavy atom. The molecule has 0 spiro atoms. The van der Waals surface area contributed by atoms with Crippen molar-refractivity contribution in [1.29, 1.82) is 0 Å². The molecule has 90 valence electrons. The van der Waals surface area contributed by atoms with Crippen molar-refractivity contribution in [3.05, 3.63) is 29.3 Å². The highest BCUT2D eigenvalue weighted by Gasteiger charge is 2.22. The quantitative estimate of drug-likeness (QED) is 0.803. The van der Waals surface area contributed by atoms with Crippen LogP contribution in [0.25, 0.3) is 0 Å². The van der Waals surface area contributed by atoms with Crippen molar-refractivity contribution in [3.8, 4) is 18.1 Å². The maximum absolute atomic E-state index is 9.53.